The van der Waals surface area contributed by atoms with Crippen LogP contribution in [0.25, 0.3) is 0 Å². The van der Waals surface area contributed by atoms with Crippen LogP contribution >= 0.6 is 0 Å². The summed E-state index contributed by atoms with van der Waals surface area (Å²) < 4.78 is 5.47. The van der Waals surface area contributed by atoms with Crippen LogP contribution in [0.2, 0.25) is 0 Å². The SMILES string of the molecule is CN(C)CC=CCN(Cc1cc(CO)ccn1)C(=O)OC(C)(C)C. The number of aliphatic hydroxyl groups is 1. The molecule has 1 heterocycles. The van der Waals surface area contributed by atoms with Crippen molar-refractivity contribution >= 4 is 6.09 Å². The Hall–Kier alpha value is -1.92. The smallest absolute Gasteiger partial charge is 0.410 e. The number of hydrogen-bond acceptors (Lipinski definition) is 5. The Morgan fingerprint density at radius 1 is 1.29 bits per heavy atom. The van der Waals surface area contributed by atoms with E-state index in [0.717, 1.165) is 12.1 Å². The van der Waals surface area contributed by atoms with Crippen molar-refractivity contribution in [3.8, 4) is 0 Å². The topological polar surface area (TPSA) is 65.9 Å². The van der Waals surface area contributed by atoms with Crippen LogP contribution in [-0.2, 0) is 17.9 Å². The molecule has 0 saturated carbocycles. The zero-order valence-corrected chi connectivity index (χ0v) is 15.3. The van der Waals surface area contributed by atoms with Gasteiger partial charge in [0.25, 0.3) is 0 Å². The molecule has 24 heavy (non-hydrogen) atoms. The number of carbonyl (C=O) groups is 1. The molecule has 0 atom stereocenters. The lowest BCUT2D eigenvalue weighted by Crippen LogP contribution is -2.36. The molecule has 0 aliphatic rings. The summed E-state index contributed by atoms with van der Waals surface area (Å²) in [4.78, 5) is 20.3. The Labute approximate surface area is 144 Å². The number of pyridine rings is 1. The van der Waals surface area contributed by atoms with Crippen LogP contribution in [-0.4, -0.2) is 58.8 Å². The van der Waals surface area contributed by atoms with Crippen molar-refractivity contribution in [1.82, 2.24) is 14.8 Å². The second-order valence-electron chi connectivity index (χ2n) is 6.91. The van der Waals surface area contributed by atoms with E-state index in [0.29, 0.717) is 18.8 Å². The lowest BCUT2D eigenvalue weighted by atomic mass is 10.2. The van der Waals surface area contributed by atoms with Gasteiger partial charge in [-0.05, 0) is 52.6 Å². The van der Waals surface area contributed by atoms with Crippen LogP contribution in [0.5, 0.6) is 0 Å². The molecule has 0 radical (unpaired) electrons. The molecule has 0 aromatic carbocycles. The van der Waals surface area contributed by atoms with Crippen molar-refractivity contribution in [2.45, 2.75) is 39.5 Å². The van der Waals surface area contributed by atoms with Crippen LogP contribution in [0.1, 0.15) is 32.0 Å². The molecule has 134 valence electrons. The standard InChI is InChI=1S/C18H29N3O3/c1-18(2,3)24-17(23)21(11-7-6-10-20(4)5)13-16-12-15(14-22)8-9-19-16/h6-9,12,22H,10-11,13-14H2,1-5H3. The molecule has 0 aliphatic heterocycles. The molecule has 1 N–H and O–H groups in total. The minimum atomic E-state index is -0.553. The van der Waals surface area contributed by atoms with Gasteiger partial charge >= 0.3 is 6.09 Å². The van der Waals surface area contributed by atoms with Gasteiger partial charge in [-0.2, -0.15) is 0 Å². The second kappa shape index (κ2) is 9.39. The van der Waals surface area contributed by atoms with E-state index in [-0.39, 0.29) is 12.7 Å². The first-order valence-corrected chi connectivity index (χ1v) is 8.03. The van der Waals surface area contributed by atoms with E-state index < -0.39 is 5.60 Å². The minimum absolute atomic E-state index is 0.0509. The number of hydrogen-bond donors (Lipinski definition) is 1. The maximum Gasteiger partial charge on any atom is 0.410 e. The van der Waals surface area contributed by atoms with Gasteiger partial charge in [-0.1, -0.05) is 12.2 Å². The third-order valence-electron chi connectivity index (χ3n) is 3.03. The van der Waals surface area contributed by atoms with Crippen molar-refractivity contribution in [2.24, 2.45) is 0 Å². The Bertz CT molecular complexity index is 551. The van der Waals surface area contributed by atoms with E-state index in [1.807, 2.05) is 51.9 Å². The van der Waals surface area contributed by atoms with E-state index in [1.165, 1.54) is 0 Å². The third kappa shape index (κ3) is 8.08. The molecule has 0 spiro atoms. The number of aromatic nitrogens is 1. The summed E-state index contributed by atoms with van der Waals surface area (Å²) in [6.07, 6.45) is 5.21. The summed E-state index contributed by atoms with van der Waals surface area (Å²) in [5.74, 6) is 0. The molecule has 6 heteroatoms. The third-order valence-corrected chi connectivity index (χ3v) is 3.03. The lowest BCUT2D eigenvalue weighted by molar-refractivity contribution is 0.0254. The fourth-order valence-electron chi connectivity index (χ4n) is 1.93. The predicted molar refractivity (Wildman–Crippen MR) is 94.5 cm³/mol. The first-order valence-electron chi connectivity index (χ1n) is 8.03. The molecule has 0 saturated heterocycles. The quantitative estimate of drug-likeness (QED) is 0.775. The van der Waals surface area contributed by atoms with Gasteiger partial charge in [0.05, 0.1) is 18.8 Å². The Morgan fingerprint density at radius 3 is 2.54 bits per heavy atom. The van der Waals surface area contributed by atoms with E-state index in [1.54, 1.807) is 23.2 Å². The van der Waals surface area contributed by atoms with Crippen LogP contribution in [0.3, 0.4) is 0 Å². The van der Waals surface area contributed by atoms with Gasteiger partial charge in [0.1, 0.15) is 5.60 Å². The predicted octanol–water partition coefficient (Wildman–Crippen LogP) is 2.43. The Morgan fingerprint density at radius 2 is 1.96 bits per heavy atom. The fourth-order valence-corrected chi connectivity index (χ4v) is 1.93. The summed E-state index contributed by atoms with van der Waals surface area (Å²) in [5.41, 5.74) is 0.934. The van der Waals surface area contributed by atoms with Gasteiger partial charge in [0.2, 0.25) is 0 Å². The van der Waals surface area contributed by atoms with Crippen LogP contribution < -0.4 is 0 Å². The number of rotatable bonds is 7. The summed E-state index contributed by atoms with van der Waals surface area (Å²) in [5, 5.41) is 9.23. The van der Waals surface area contributed by atoms with Gasteiger partial charge in [-0.3, -0.25) is 9.88 Å². The molecule has 1 aromatic heterocycles. The van der Waals surface area contributed by atoms with E-state index in [4.69, 9.17) is 4.74 Å². The Kier molecular flexibility index (Phi) is 7.88. The average Bonchev–Trinajstić information content (AvgIpc) is 2.48. The van der Waals surface area contributed by atoms with E-state index >= 15 is 0 Å². The number of amides is 1. The summed E-state index contributed by atoms with van der Waals surface area (Å²) >= 11 is 0. The van der Waals surface area contributed by atoms with Crippen LogP contribution in [0.4, 0.5) is 4.79 Å². The normalized spacial score (nSPS) is 12.0. The Balaban J connectivity index is 2.82. The number of aliphatic hydroxyl groups excluding tert-OH is 1. The van der Waals surface area contributed by atoms with Gasteiger partial charge in [-0.15, -0.1) is 0 Å². The maximum atomic E-state index is 12.4. The molecule has 0 fully saturated rings. The second-order valence-corrected chi connectivity index (χ2v) is 6.91. The first-order chi connectivity index (χ1) is 11.2. The molecule has 0 unspecified atom stereocenters. The lowest BCUT2D eigenvalue weighted by Gasteiger charge is -2.26. The number of nitrogens with zero attached hydrogens (tertiary/aromatic N) is 3. The highest BCUT2D eigenvalue weighted by molar-refractivity contribution is 5.68. The largest absolute Gasteiger partial charge is 0.444 e. The van der Waals surface area contributed by atoms with Gasteiger partial charge in [-0.25, -0.2) is 4.79 Å². The molecule has 1 amide bonds. The highest BCUT2D eigenvalue weighted by Gasteiger charge is 2.22. The van der Waals surface area contributed by atoms with Gasteiger partial charge in [0.15, 0.2) is 0 Å². The summed E-state index contributed by atoms with van der Waals surface area (Å²) in [7, 11) is 3.97. The number of likely N-dealkylation sites (N-methyl/N-ethyl adjacent to an activating group) is 1. The number of ether oxygens (including phenoxy) is 1. The molecule has 1 rings (SSSR count). The minimum Gasteiger partial charge on any atom is -0.444 e. The molecular weight excluding hydrogens is 306 g/mol. The summed E-state index contributed by atoms with van der Waals surface area (Å²) in [6, 6.07) is 3.54. The molecular formula is C18H29N3O3. The monoisotopic (exact) mass is 335 g/mol. The zero-order chi connectivity index (χ0) is 18.2. The van der Waals surface area contributed by atoms with E-state index in [2.05, 4.69) is 4.98 Å². The highest BCUT2D eigenvalue weighted by atomic mass is 16.6. The van der Waals surface area contributed by atoms with E-state index in [9.17, 15) is 9.90 Å². The van der Waals surface area contributed by atoms with Gasteiger partial charge in [0, 0.05) is 19.3 Å². The molecule has 0 bridgehead atoms. The van der Waals surface area contributed by atoms with Crippen molar-refractivity contribution in [3.05, 3.63) is 41.7 Å². The van der Waals surface area contributed by atoms with Crippen LogP contribution in [0.15, 0.2) is 30.5 Å². The van der Waals surface area contributed by atoms with Crippen molar-refractivity contribution in [3.63, 3.8) is 0 Å². The first kappa shape index (κ1) is 20.1. The summed E-state index contributed by atoms with van der Waals surface area (Å²) in [6.45, 7) is 7.05. The van der Waals surface area contributed by atoms with Gasteiger partial charge < -0.3 is 14.7 Å². The van der Waals surface area contributed by atoms with Crippen LogP contribution in [0, 0.1) is 0 Å². The average molecular weight is 335 g/mol. The van der Waals surface area contributed by atoms with Crippen molar-refractivity contribution in [1.29, 1.82) is 0 Å². The molecule has 1 aromatic rings. The fraction of sp³-hybridized carbons (Fsp3) is 0.556. The highest BCUT2D eigenvalue weighted by Crippen LogP contribution is 2.13. The number of carbonyl (C=O) groups excluding carboxylic acids is 1. The zero-order valence-electron chi connectivity index (χ0n) is 15.3. The van der Waals surface area contributed by atoms with Crippen molar-refractivity contribution in [2.75, 3.05) is 27.2 Å². The van der Waals surface area contributed by atoms with Crippen molar-refractivity contribution < 1.29 is 14.6 Å². The molecule has 0 aliphatic carbocycles. The molecule has 6 nitrogen and oxygen atoms in total. The maximum absolute atomic E-state index is 12.4.